The minimum Gasteiger partial charge on any atom is -0.453 e. The molecule has 1 aromatic carbocycles. The van der Waals surface area contributed by atoms with Crippen molar-refractivity contribution < 1.29 is 27.5 Å². The van der Waals surface area contributed by atoms with E-state index in [1.54, 1.807) is 0 Å². The molecule has 8 nitrogen and oxygen atoms in total. The highest BCUT2D eigenvalue weighted by atomic mass is 32.2. The number of thiophene rings is 1. The number of ketones is 1. The Kier molecular flexibility index (Phi) is 5.74. The molecule has 1 saturated heterocycles. The van der Waals surface area contributed by atoms with Crippen molar-refractivity contribution in [2.24, 2.45) is 0 Å². The zero-order chi connectivity index (χ0) is 21.3. The Morgan fingerprint density at radius 2 is 1.97 bits per heavy atom. The molecule has 10 heteroatoms. The van der Waals surface area contributed by atoms with Gasteiger partial charge in [0.2, 0.25) is 15.8 Å². The second-order valence-corrected chi connectivity index (χ2v) is 9.81. The number of carbonyl (C=O) groups is 2. The zero-order valence-electron chi connectivity index (χ0n) is 16.2. The summed E-state index contributed by atoms with van der Waals surface area (Å²) in [5.74, 6) is -1.08. The molecule has 30 heavy (non-hydrogen) atoms. The van der Waals surface area contributed by atoms with E-state index < -0.39 is 22.6 Å². The molecular formula is C20H20N2O6S2. The van der Waals surface area contributed by atoms with Gasteiger partial charge in [-0.25, -0.2) is 13.2 Å². The van der Waals surface area contributed by atoms with E-state index in [-0.39, 0.29) is 29.5 Å². The summed E-state index contributed by atoms with van der Waals surface area (Å²) < 4.78 is 37.9. The van der Waals surface area contributed by atoms with Crippen molar-refractivity contribution >= 4 is 43.2 Å². The minimum absolute atomic E-state index is 0.0250. The van der Waals surface area contributed by atoms with Crippen molar-refractivity contribution in [3.05, 3.63) is 52.7 Å². The summed E-state index contributed by atoms with van der Waals surface area (Å²) in [6.07, 6.45) is 1.25. The quantitative estimate of drug-likeness (QED) is 0.459. The van der Waals surface area contributed by atoms with E-state index in [0.717, 1.165) is 15.6 Å². The number of aromatic nitrogens is 1. The van der Waals surface area contributed by atoms with Gasteiger partial charge in [0, 0.05) is 24.0 Å². The van der Waals surface area contributed by atoms with Gasteiger partial charge in [0.05, 0.1) is 18.1 Å². The minimum atomic E-state index is -3.72. The van der Waals surface area contributed by atoms with Crippen molar-refractivity contribution in [2.75, 3.05) is 32.9 Å². The first-order chi connectivity index (χ1) is 14.4. The van der Waals surface area contributed by atoms with Gasteiger partial charge in [-0.05, 0) is 30.0 Å². The highest BCUT2D eigenvalue weighted by molar-refractivity contribution is 7.89. The molecule has 158 valence electrons. The van der Waals surface area contributed by atoms with Crippen LogP contribution in [0.2, 0.25) is 0 Å². The lowest BCUT2D eigenvalue weighted by Gasteiger charge is -2.25. The van der Waals surface area contributed by atoms with Crippen LogP contribution in [0.5, 0.6) is 0 Å². The van der Waals surface area contributed by atoms with Crippen LogP contribution in [0.25, 0.3) is 10.1 Å². The molecule has 4 rings (SSSR count). The number of carbonyl (C=O) groups excluding carboxylic acids is 2. The van der Waals surface area contributed by atoms with Gasteiger partial charge in [-0.3, -0.25) is 4.79 Å². The maximum Gasteiger partial charge on any atom is 0.355 e. The van der Waals surface area contributed by atoms with E-state index in [2.05, 4.69) is 4.98 Å². The van der Waals surface area contributed by atoms with E-state index >= 15 is 0 Å². The molecule has 0 atom stereocenters. The number of aryl methyl sites for hydroxylation is 1. The number of Topliss-reactive ketones (excluding diaryl/α,β-unsaturated/α-hetero) is 1. The molecule has 0 amide bonds. The Balaban J connectivity index is 1.43. The van der Waals surface area contributed by atoms with Crippen LogP contribution in [0.1, 0.15) is 25.7 Å². The summed E-state index contributed by atoms with van der Waals surface area (Å²) in [7, 11) is -3.72. The first-order valence-corrected chi connectivity index (χ1v) is 11.6. The molecule has 1 fully saturated rings. The summed E-state index contributed by atoms with van der Waals surface area (Å²) in [6, 6.07) is 8.91. The summed E-state index contributed by atoms with van der Waals surface area (Å²) in [5, 5.41) is 1.000. The third-order valence-electron chi connectivity index (χ3n) is 4.92. The van der Waals surface area contributed by atoms with Gasteiger partial charge >= 0.3 is 5.97 Å². The molecule has 0 unspecified atom stereocenters. The summed E-state index contributed by atoms with van der Waals surface area (Å²) in [5.41, 5.74) is 0.832. The van der Waals surface area contributed by atoms with E-state index in [1.807, 2.05) is 31.2 Å². The molecule has 2 aromatic heterocycles. The predicted octanol–water partition coefficient (Wildman–Crippen LogP) is 2.60. The fourth-order valence-electron chi connectivity index (χ4n) is 3.29. The highest BCUT2D eigenvalue weighted by Gasteiger charge is 2.28. The van der Waals surface area contributed by atoms with Gasteiger partial charge in [-0.15, -0.1) is 11.3 Å². The lowest BCUT2D eigenvalue weighted by Crippen LogP contribution is -2.40. The topological polar surface area (TPSA) is 106 Å². The van der Waals surface area contributed by atoms with Crippen LogP contribution in [0.3, 0.4) is 0 Å². The Bertz CT molecular complexity index is 1210. The Hall–Kier alpha value is -2.53. The van der Waals surface area contributed by atoms with Crippen LogP contribution >= 0.6 is 11.3 Å². The number of benzene rings is 1. The van der Waals surface area contributed by atoms with Crippen LogP contribution in [-0.4, -0.2) is 62.4 Å². The number of morpholine rings is 1. The number of ether oxygens (including phenoxy) is 2. The van der Waals surface area contributed by atoms with Gasteiger partial charge in [-0.1, -0.05) is 18.2 Å². The molecule has 1 N–H and O–H groups in total. The second-order valence-electron chi connectivity index (χ2n) is 6.82. The third-order valence-corrected chi connectivity index (χ3v) is 8.11. The van der Waals surface area contributed by atoms with Crippen LogP contribution in [0, 0.1) is 6.92 Å². The number of rotatable bonds is 6. The number of sulfonamides is 1. The Labute approximate surface area is 177 Å². The van der Waals surface area contributed by atoms with Crippen molar-refractivity contribution in [1.29, 1.82) is 0 Å². The molecule has 0 saturated carbocycles. The number of esters is 1. The monoisotopic (exact) mass is 448 g/mol. The summed E-state index contributed by atoms with van der Waals surface area (Å²) >= 11 is 1.36. The maximum atomic E-state index is 12.6. The lowest BCUT2D eigenvalue weighted by molar-refractivity contribution is 0.0470. The second kappa shape index (κ2) is 8.31. The molecule has 3 heterocycles. The number of nitrogens with one attached hydrogen (secondary N) is 1. The van der Waals surface area contributed by atoms with Gasteiger partial charge in [0.1, 0.15) is 10.6 Å². The van der Waals surface area contributed by atoms with Crippen molar-refractivity contribution in [2.45, 2.75) is 11.8 Å². The van der Waals surface area contributed by atoms with E-state index in [0.29, 0.717) is 18.1 Å². The fourth-order valence-corrected chi connectivity index (χ4v) is 5.83. The largest absolute Gasteiger partial charge is 0.453 e. The van der Waals surface area contributed by atoms with Crippen LogP contribution < -0.4 is 0 Å². The number of hydrogen-bond donors (Lipinski definition) is 1. The van der Waals surface area contributed by atoms with Crippen molar-refractivity contribution in [3.8, 4) is 0 Å². The van der Waals surface area contributed by atoms with Gasteiger partial charge in [0.15, 0.2) is 6.61 Å². The van der Waals surface area contributed by atoms with Crippen molar-refractivity contribution in [1.82, 2.24) is 9.29 Å². The average molecular weight is 449 g/mol. The zero-order valence-corrected chi connectivity index (χ0v) is 17.8. The number of nitrogens with zero attached hydrogens (tertiary/aromatic N) is 1. The van der Waals surface area contributed by atoms with Crippen molar-refractivity contribution in [3.63, 3.8) is 0 Å². The number of hydrogen-bond acceptors (Lipinski definition) is 7. The number of H-pyrrole nitrogens is 1. The van der Waals surface area contributed by atoms with Gasteiger partial charge in [-0.2, -0.15) is 4.31 Å². The van der Waals surface area contributed by atoms with Crippen LogP contribution in [-0.2, 0) is 19.5 Å². The van der Waals surface area contributed by atoms with Crippen LogP contribution in [0.4, 0.5) is 0 Å². The fraction of sp³-hybridized carbons (Fsp3) is 0.300. The molecule has 0 radical (unpaired) electrons. The molecule has 0 bridgehead atoms. The van der Waals surface area contributed by atoms with E-state index in [9.17, 15) is 18.0 Å². The number of aromatic amines is 1. The Morgan fingerprint density at radius 1 is 1.23 bits per heavy atom. The number of fused-ring (bicyclic) bond motifs is 1. The van der Waals surface area contributed by atoms with Crippen LogP contribution in [0.15, 0.2) is 41.4 Å². The lowest BCUT2D eigenvalue weighted by atomic mass is 10.1. The van der Waals surface area contributed by atoms with E-state index in [1.165, 1.54) is 27.9 Å². The molecule has 1 aliphatic heterocycles. The normalized spacial score (nSPS) is 15.4. The van der Waals surface area contributed by atoms with E-state index in [4.69, 9.17) is 9.47 Å². The Morgan fingerprint density at radius 3 is 2.70 bits per heavy atom. The SMILES string of the molecule is Cc1c(C(=O)COC(=O)c2cc(S(=O)(=O)N3CCOCC3)c[nH]2)sc2ccccc12. The standard InChI is InChI=1S/C20H20N2O6S2/c1-13-15-4-2-3-5-18(15)29-19(13)17(23)12-28-20(24)16-10-14(11-21-16)30(25,26)22-6-8-27-9-7-22/h2-5,10-11,21H,6-9,12H2,1H3. The molecule has 0 aliphatic carbocycles. The van der Waals surface area contributed by atoms with Gasteiger partial charge < -0.3 is 14.5 Å². The first-order valence-electron chi connectivity index (χ1n) is 9.32. The predicted molar refractivity (Wildman–Crippen MR) is 112 cm³/mol. The summed E-state index contributed by atoms with van der Waals surface area (Å²) in [4.78, 5) is 28.0. The summed E-state index contributed by atoms with van der Waals surface area (Å²) in [6.45, 7) is 2.63. The molecule has 1 aliphatic rings. The third kappa shape index (κ3) is 3.91. The molecule has 0 spiro atoms. The smallest absolute Gasteiger partial charge is 0.355 e. The maximum absolute atomic E-state index is 12.6. The molecular weight excluding hydrogens is 428 g/mol. The van der Waals surface area contributed by atoms with Gasteiger partial charge in [0.25, 0.3) is 0 Å². The molecule has 3 aromatic rings. The average Bonchev–Trinajstić information content (AvgIpc) is 3.39. The first kappa shape index (κ1) is 20.7. The highest BCUT2D eigenvalue weighted by Crippen LogP contribution is 2.30.